The highest BCUT2D eigenvalue weighted by molar-refractivity contribution is 6.32. The number of hydrogen-bond acceptors (Lipinski definition) is 5. The number of nitrogens with one attached hydrogen (secondary N) is 2. The minimum Gasteiger partial charge on any atom is -0.495 e. The van der Waals surface area contributed by atoms with Crippen LogP contribution in [-0.4, -0.2) is 25.5 Å². The molecule has 34 heavy (non-hydrogen) atoms. The van der Waals surface area contributed by atoms with E-state index in [0.717, 1.165) is 0 Å². The van der Waals surface area contributed by atoms with Gasteiger partial charge in [-0.15, -0.1) is 0 Å². The molecule has 3 aromatic carbocycles. The van der Waals surface area contributed by atoms with Gasteiger partial charge in [0.15, 0.2) is 6.61 Å². The van der Waals surface area contributed by atoms with Crippen molar-refractivity contribution in [2.75, 3.05) is 24.4 Å². The summed E-state index contributed by atoms with van der Waals surface area (Å²) in [7, 11) is 1.51. The SMILES string of the molecule is COc1ccccc1NC(=O)COc1ccc(C=C(C#N)C(=O)Nc2ccc(Cl)cc2)cc1Cl. The molecule has 172 valence electrons. The van der Waals surface area contributed by atoms with E-state index >= 15 is 0 Å². The predicted octanol–water partition coefficient (Wildman–Crippen LogP) is 5.57. The van der Waals surface area contributed by atoms with E-state index in [4.69, 9.17) is 32.7 Å². The normalized spacial score (nSPS) is 10.7. The number of nitriles is 1. The highest BCUT2D eigenvalue weighted by atomic mass is 35.5. The first-order valence-corrected chi connectivity index (χ1v) is 10.7. The van der Waals surface area contributed by atoms with Gasteiger partial charge in [0.05, 0.1) is 17.8 Å². The molecule has 0 bridgehead atoms. The summed E-state index contributed by atoms with van der Waals surface area (Å²) >= 11 is 12.1. The Morgan fingerprint density at radius 2 is 1.74 bits per heavy atom. The first kappa shape index (κ1) is 24.6. The van der Waals surface area contributed by atoms with Gasteiger partial charge in [-0.3, -0.25) is 9.59 Å². The van der Waals surface area contributed by atoms with Gasteiger partial charge in [0.25, 0.3) is 11.8 Å². The van der Waals surface area contributed by atoms with E-state index in [1.165, 1.54) is 19.3 Å². The van der Waals surface area contributed by atoms with E-state index in [0.29, 0.717) is 27.7 Å². The van der Waals surface area contributed by atoms with Gasteiger partial charge in [0.1, 0.15) is 23.1 Å². The van der Waals surface area contributed by atoms with E-state index in [1.54, 1.807) is 60.7 Å². The largest absolute Gasteiger partial charge is 0.495 e. The molecule has 9 heteroatoms. The maximum Gasteiger partial charge on any atom is 0.266 e. The Hall–Kier alpha value is -3.99. The van der Waals surface area contributed by atoms with Crippen molar-refractivity contribution in [3.63, 3.8) is 0 Å². The van der Waals surface area contributed by atoms with Crippen LogP contribution in [0.5, 0.6) is 11.5 Å². The smallest absolute Gasteiger partial charge is 0.266 e. The van der Waals surface area contributed by atoms with Crippen LogP contribution in [0, 0.1) is 11.3 Å². The number of amides is 2. The zero-order valence-corrected chi connectivity index (χ0v) is 19.5. The van der Waals surface area contributed by atoms with Gasteiger partial charge >= 0.3 is 0 Å². The zero-order valence-electron chi connectivity index (χ0n) is 18.0. The average molecular weight is 496 g/mol. The lowest BCUT2D eigenvalue weighted by Crippen LogP contribution is -2.20. The average Bonchev–Trinajstić information content (AvgIpc) is 2.83. The summed E-state index contributed by atoms with van der Waals surface area (Å²) in [6, 6.07) is 20.1. The van der Waals surface area contributed by atoms with Crippen LogP contribution in [-0.2, 0) is 9.59 Å². The fraction of sp³-hybridized carbons (Fsp3) is 0.0800. The van der Waals surface area contributed by atoms with Crippen molar-refractivity contribution in [3.8, 4) is 17.6 Å². The van der Waals surface area contributed by atoms with Crippen LogP contribution in [0.1, 0.15) is 5.56 Å². The molecule has 0 aliphatic carbocycles. The molecule has 0 radical (unpaired) electrons. The molecular weight excluding hydrogens is 477 g/mol. The molecule has 3 aromatic rings. The topological polar surface area (TPSA) is 100 Å². The summed E-state index contributed by atoms with van der Waals surface area (Å²) in [6.07, 6.45) is 1.40. The van der Waals surface area contributed by atoms with Crippen molar-refractivity contribution in [1.29, 1.82) is 5.26 Å². The molecule has 0 heterocycles. The third-order valence-corrected chi connectivity index (χ3v) is 5.02. The summed E-state index contributed by atoms with van der Waals surface area (Å²) in [5, 5.41) is 15.5. The lowest BCUT2D eigenvalue weighted by atomic mass is 10.1. The quantitative estimate of drug-likeness (QED) is 0.314. The second-order valence-electron chi connectivity index (χ2n) is 6.86. The minimum atomic E-state index is -0.575. The molecule has 0 saturated heterocycles. The summed E-state index contributed by atoms with van der Waals surface area (Å²) in [5.41, 5.74) is 1.42. The van der Waals surface area contributed by atoms with Crippen LogP contribution in [0.25, 0.3) is 6.08 Å². The molecule has 0 aliphatic heterocycles. The van der Waals surface area contributed by atoms with Gasteiger partial charge in [-0.25, -0.2) is 0 Å². The molecule has 0 aromatic heterocycles. The molecule has 0 spiro atoms. The van der Waals surface area contributed by atoms with Crippen molar-refractivity contribution in [2.24, 2.45) is 0 Å². The van der Waals surface area contributed by atoms with Crippen LogP contribution in [0.2, 0.25) is 10.0 Å². The number of ether oxygens (including phenoxy) is 2. The van der Waals surface area contributed by atoms with Crippen LogP contribution >= 0.6 is 23.2 Å². The number of carbonyl (C=O) groups is 2. The number of benzene rings is 3. The van der Waals surface area contributed by atoms with Crippen molar-refractivity contribution in [2.45, 2.75) is 0 Å². The van der Waals surface area contributed by atoms with E-state index in [9.17, 15) is 14.9 Å². The molecule has 0 aliphatic rings. The first-order valence-electron chi connectivity index (χ1n) is 9.93. The molecule has 7 nitrogen and oxygen atoms in total. The molecule has 0 atom stereocenters. The maximum absolute atomic E-state index is 12.4. The highest BCUT2D eigenvalue weighted by Crippen LogP contribution is 2.27. The predicted molar refractivity (Wildman–Crippen MR) is 132 cm³/mol. The van der Waals surface area contributed by atoms with Gasteiger partial charge in [-0.2, -0.15) is 5.26 Å². The molecule has 2 amide bonds. The first-order chi connectivity index (χ1) is 16.4. The number of anilines is 2. The number of methoxy groups -OCH3 is 1. The summed E-state index contributed by atoms with van der Waals surface area (Å²) in [5.74, 6) is -0.166. The standard InChI is InChI=1S/C25H19Cl2N3O4/c1-33-23-5-3-2-4-21(23)30-24(31)15-34-22-11-6-16(13-20(22)27)12-17(14-28)25(32)29-19-9-7-18(26)8-10-19/h2-13H,15H2,1H3,(H,29,32)(H,30,31). The van der Waals surface area contributed by atoms with Crippen LogP contribution < -0.4 is 20.1 Å². The molecular formula is C25H19Cl2N3O4. The Kier molecular flexibility index (Phi) is 8.52. The van der Waals surface area contributed by atoms with Gasteiger partial charge < -0.3 is 20.1 Å². The molecule has 3 rings (SSSR count). The van der Waals surface area contributed by atoms with Crippen molar-refractivity contribution in [3.05, 3.63) is 87.9 Å². The van der Waals surface area contributed by atoms with Gasteiger partial charge in [-0.1, -0.05) is 41.4 Å². The lowest BCUT2D eigenvalue weighted by molar-refractivity contribution is -0.118. The Labute approximate surface area is 206 Å². The second-order valence-corrected chi connectivity index (χ2v) is 7.70. The van der Waals surface area contributed by atoms with Gasteiger partial charge in [0, 0.05) is 10.7 Å². The Morgan fingerprint density at radius 1 is 1.00 bits per heavy atom. The zero-order chi connectivity index (χ0) is 24.5. The van der Waals surface area contributed by atoms with E-state index in [1.807, 2.05) is 6.07 Å². The van der Waals surface area contributed by atoms with Crippen LogP contribution in [0.15, 0.2) is 72.3 Å². The second kappa shape index (κ2) is 11.8. The third kappa shape index (κ3) is 6.75. The third-order valence-electron chi connectivity index (χ3n) is 4.47. The van der Waals surface area contributed by atoms with Gasteiger partial charge in [0.2, 0.25) is 0 Å². The number of nitrogens with zero attached hydrogens (tertiary/aromatic N) is 1. The van der Waals surface area contributed by atoms with Crippen molar-refractivity contribution < 1.29 is 19.1 Å². The Bertz CT molecular complexity index is 1270. The lowest BCUT2D eigenvalue weighted by Gasteiger charge is -2.11. The number of para-hydroxylation sites is 2. The molecule has 0 unspecified atom stereocenters. The number of carbonyl (C=O) groups excluding carboxylic acids is 2. The summed E-state index contributed by atoms with van der Waals surface area (Å²) in [6.45, 7) is -0.278. The Morgan fingerprint density at radius 3 is 2.41 bits per heavy atom. The number of hydrogen-bond donors (Lipinski definition) is 2. The number of rotatable bonds is 8. The van der Waals surface area contributed by atoms with E-state index < -0.39 is 11.8 Å². The fourth-order valence-corrected chi connectivity index (χ4v) is 3.22. The van der Waals surface area contributed by atoms with Gasteiger partial charge in [-0.05, 0) is 60.2 Å². The monoisotopic (exact) mass is 495 g/mol. The molecule has 0 fully saturated rings. The molecule has 0 saturated carbocycles. The van der Waals surface area contributed by atoms with Crippen molar-refractivity contribution >= 4 is 52.5 Å². The Balaban J connectivity index is 1.63. The van der Waals surface area contributed by atoms with Crippen LogP contribution in [0.3, 0.4) is 0 Å². The molecule has 2 N–H and O–H groups in total. The van der Waals surface area contributed by atoms with Crippen LogP contribution in [0.4, 0.5) is 11.4 Å². The fourth-order valence-electron chi connectivity index (χ4n) is 2.85. The number of halogens is 2. The summed E-state index contributed by atoms with van der Waals surface area (Å²) < 4.78 is 10.7. The van der Waals surface area contributed by atoms with E-state index in [-0.39, 0.29) is 23.0 Å². The maximum atomic E-state index is 12.4. The highest BCUT2D eigenvalue weighted by Gasteiger charge is 2.12. The van der Waals surface area contributed by atoms with Crippen molar-refractivity contribution in [1.82, 2.24) is 0 Å². The summed E-state index contributed by atoms with van der Waals surface area (Å²) in [4.78, 5) is 24.6. The minimum absolute atomic E-state index is 0.115. The van der Waals surface area contributed by atoms with E-state index in [2.05, 4.69) is 10.6 Å².